The highest BCUT2D eigenvalue weighted by Gasteiger charge is 2.26. The van der Waals surface area contributed by atoms with Crippen LogP contribution >= 0.6 is 11.8 Å². The molecule has 0 saturated carbocycles. The Morgan fingerprint density at radius 1 is 1.06 bits per heavy atom. The van der Waals surface area contributed by atoms with Gasteiger partial charge in [-0.05, 0) is 13.8 Å². The molecule has 0 spiro atoms. The Balaban J connectivity index is 1.68. The molecule has 0 aromatic rings. The molecule has 1 N–H and O–H groups in total. The second-order valence-corrected chi connectivity index (χ2v) is 7.28. The molecule has 0 unspecified atom stereocenters. The van der Waals surface area contributed by atoms with Crippen LogP contribution in [0.2, 0.25) is 0 Å². The zero-order valence-electron chi connectivity index (χ0n) is 10.7. The first-order valence-corrected chi connectivity index (χ1v) is 7.44. The lowest BCUT2D eigenvalue weighted by Crippen LogP contribution is -2.49. The van der Waals surface area contributed by atoms with E-state index in [4.69, 9.17) is 0 Å². The number of piperazine rings is 1. The van der Waals surface area contributed by atoms with Crippen molar-refractivity contribution in [3.63, 3.8) is 0 Å². The SMILES string of the molecule is CC1(C)CN(CCN2CCNCC2)CCS1. The highest BCUT2D eigenvalue weighted by molar-refractivity contribution is 8.00. The van der Waals surface area contributed by atoms with E-state index in [2.05, 4.69) is 40.7 Å². The summed E-state index contributed by atoms with van der Waals surface area (Å²) in [5.41, 5.74) is 0. The third-order valence-corrected chi connectivity index (χ3v) is 4.74. The van der Waals surface area contributed by atoms with E-state index in [0.717, 1.165) is 0 Å². The summed E-state index contributed by atoms with van der Waals surface area (Å²) in [7, 11) is 0. The zero-order chi connectivity index (χ0) is 11.4. The van der Waals surface area contributed by atoms with Crippen molar-refractivity contribution in [1.29, 1.82) is 0 Å². The number of hydrogen-bond donors (Lipinski definition) is 1. The lowest BCUT2D eigenvalue weighted by molar-refractivity contribution is 0.184. The lowest BCUT2D eigenvalue weighted by Gasteiger charge is -2.38. The Morgan fingerprint density at radius 3 is 2.44 bits per heavy atom. The summed E-state index contributed by atoms with van der Waals surface area (Å²) < 4.78 is 0.460. The number of hydrogen-bond acceptors (Lipinski definition) is 4. The fraction of sp³-hybridized carbons (Fsp3) is 1.00. The second kappa shape index (κ2) is 5.71. The van der Waals surface area contributed by atoms with E-state index in [1.54, 1.807) is 0 Å². The Kier molecular flexibility index (Phi) is 4.53. The molecule has 2 rings (SSSR count). The predicted molar refractivity (Wildman–Crippen MR) is 72.3 cm³/mol. The van der Waals surface area contributed by atoms with Gasteiger partial charge in [0.15, 0.2) is 0 Å². The molecule has 2 aliphatic rings. The number of rotatable bonds is 3. The summed E-state index contributed by atoms with van der Waals surface area (Å²) in [6, 6.07) is 0. The fourth-order valence-corrected chi connectivity index (χ4v) is 3.70. The van der Waals surface area contributed by atoms with Crippen LogP contribution in [-0.4, -0.2) is 72.7 Å². The number of nitrogens with one attached hydrogen (secondary N) is 1. The van der Waals surface area contributed by atoms with E-state index in [1.807, 2.05) is 0 Å². The summed E-state index contributed by atoms with van der Waals surface area (Å²) >= 11 is 2.12. The highest BCUT2D eigenvalue weighted by Crippen LogP contribution is 2.29. The molecule has 4 heteroatoms. The minimum Gasteiger partial charge on any atom is -0.314 e. The van der Waals surface area contributed by atoms with Crippen LogP contribution in [-0.2, 0) is 0 Å². The first-order chi connectivity index (χ1) is 7.66. The van der Waals surface area contributed by atoms with E-state index >= 15 is 0 Å². The number of nitrogens with zero attached hydrogens (tertiary/aromatic N) is 2. The van der Waals surface area contributed by atoms with Gasteiger partial charge in [-0.15, -0.1) is 0 Å². The van der Waals surface area contributed by atoms with E-state index in [9.17, 15) is 0 Å². The topological polar surface area (TPSA) is 18.5 Å². The minimum absolute atomic E-state index is 0.460. The van der Waals surface area contributed by atoms with Gasteiger partial charge in [0.05, 0.1) is 0 Å². The molecular weight excluding hydrogens is 218 g/mol. The standard InChI is InChI=1S/C12H25N3S/c1-12(2)11-15(9-10-16-12)8-7-14-5-3-13-4-6-14/h13H,3-11H2,1-2H3. The highest BCUT2D eigenvalue weighted by atomic mass is 32.2. The van der Waals surface area contributed by atoms with Crippen LogP contribution in [0.25, 0.3) is 0 Å². The van der Waals surface area contributed by atoms with E-state index in [1.165, 1.54) is 58.1 Å². The van der Waals surface area contributed by atoms with Crippen molar-refractivity contribution in [3.8, 4) is 0 Å². The minimum atomic E-state index is 0.460. The van der Waals surface area contributed by atoms with Crippen molar-refractivity contribution in [3.05, 3.63) is 0 Å². The van der Waals surface area contributed by atoms with Gasteiger partial charge < -0.3 is 5.32 Å². The van der Waals surface area contributed by atoms with Crippen molar-refractivity contribution in [2.24, 2.45) is 0 Å². The molecule has 0 bridgehead atoms. The van der Waals surface area contributed by atoms with Crippen molar-refractivity contribution in [1.82, 2.24) is 15.1 Å². The summed E-state index contributed by atoms with van der Waals surface area (Å²) in [4.78, 5) is 5.23. The normalized spacial score (nSPS) is 28.1. The van der Waals surface area contributed by atoms with Crippen molar-refractivity contribution < 1.29 is 0 Å². The maximum absolute atomic E-state index is 3.41. The molecule has 0 aliphatic carbocycles. The molecule has 0 aromatic heterocycles. The maximum Gasteiger partial charge on any atom is 0.0231 e. The monoisotopic (exact) mass is 243 g/mol. The second-order valence-electron chi connectivity index (χ2n) is 5.48. The van der Waals surface area contributed by atoms with Crippen LogP contribution in [0.5, 0.6) is 0 Å². The quantitative estimate of drug-likeness (QED) is 0.787. The molecule has 0 aromatic carbocycles. The van der Waals surface area contributed by atoms with Crippen molar-refractivity contribution in [2.75, 3.05) is 58.1 Å². The summed E-state index contributed by atoms with van der Waals surface area (Å²) in [5, 5.41) is 3.41. The molecule has 0 radical (unpaired) electrons. The van der Waals surface area contributed by atoms with Gasteiger partial charge in [-0.3, -0.25) is 9.80 Å². The Bertz CT molecular complexity index is 214. The summed E-state index contributed by atoms with van der Waals surface area (Å²) in [6.07, 6.45) is 0. The Morgan fingerprint density at radius 2 is 1.75 bits per heavy atom. The fourth-order valence-electron chi connectivity index (χ4n) is 2.52. The van der Waals surface area contributed by atoms with Gasteiger partial charge in [0.1, 0.15) is 0 Å². The molecule has 0 amide bonds. The van der Waals surface area contributed by atoms with Crippen LogP contribution in [0.4, 0.5) is 0 Å². The van der Waals surface area contributed by atoms with Gasteiger partial charge in [0, 0.05) is 62.9 Å². The van der Waals surface area contributed by atoms with Crippen molar-refractivity contribution in [2.45, 2.75) is 18.6 Å². The first kappa shape index (κ1) is 12.7. The molecule has 3 nitrogen and oxygen atoms in total. The number of thioether (sulfide) groups is 1. The van der Waals surface area contributed by atoms with Gasteiger partial charge >= 0.3 is 0 Å². The Hall–Kier alpha value is 0.230. The molecule has 2 fully saturated rings. The average molecular weight is 243 g/mol. The molecule has 0 atom stereocenters. The third-order valence-electron chi connectivity index (χ3n) is 3.45. The zero-order valence-corrected chi connectivity index (χ0v) is 11.5. The van der Waals surface area contributed by atoms with Crippen LogP contribution in [0.3, 0.4) is 0 Å². The molecule has 2 heterocycles. The van der Waals surface area contributed by atoms with Gasteiger partial charge in [-0.25, -0.2) is 0 Å². The molecule has 2 saturated heterocycles. The smallest absolute Gasteiger partial charge is 0.0231 e. The van der Waals surface area contributed by atoms with Gasteiger partial charge in [-0.2, -0.15) is 11.8 Å². The predicted octanol–water partition coefficient (Wildman–Crippen LogP) is 0.719. The molecular formula is C12H25N3S. The summed E-state index contributed by atoms with van der Waals surface area (Å²) in [6.45, 7) is 14.6. The largest absolute Gasteiger partial charge is 0.314 e. The van der Waals surface area contributed by atoms with E-state index in [-0.39, 0.29) is 0 Å². The lowest BCUT2D eigenvalue weighted by atomic mass is 10.2. The van der Waals surface area contributed by atoms with Crippen LogP contribution in [0, 0.1) is 0 Å². The molecule has 2 aliphatic heterocycles. The van der Waals surface area contributed by atoms with Crippen LogP contribution in [0.15, 0.2) is 0 Å². The van der Waals surface area contributed by atoms with Crippen molar-refractivity contribution >= 4 is 11.8 Å². The summed E-state index contributed by atoms with van der Waals surface area (Å²) in [5.74, 6) is 1.30. The average Bonchev–Trinajstić information content (AvgIpc) is 2.27. The van der Waals surface area contributed by atoms with Gasteiger partial charge in [-0.1, -0.05) is 0 Å². The first-order valence-electron chi connectivity index (χ1n) is 6.45. The van der Waals surface area contributed by atoms with Crippen LogP contribution < -0.4 is 5.32 Å². The van der Waals surface area contributed by atoms with E-state index < -0.39 is 0 Å². The maximum atomic E-state index is 3.41. The van der Waals surface area contributed by atoms with Crippen LogP contribution in [0.1, 0.15) is 13.8 Å². The Labute approximate surface area is 104 Å². The van der Waals surface area contributed by atoms with Gasteiger partial charge in [0.2, 0.25) is 0 Å². The van der Waals surface area contributed by atoms with Gasteiger partial charge in [0.25, 0.3) is 0 Å². The molecule has 16 heavy (non-hydrogen) atoms. The third kappa shape index (κ3) is 3.91. The molecule has 94 valence electrons. The van der Waals surface area contributed by atoms with E-state index in [0.29, 0.717) is 4.75 Å².